The molecule has 0 radical (unpaired) electrons. The van der Waals surface area contributed by atoms with E-state index in [-0.39, 0.29) is 23.4 Å². The molecule has 0 aromatic carbocycles. The Morgan fingerprint density at radius 2 is 2.42 bits per heavy atom. The van der Waals surface area contributed by atoms with E-state index in [1.165, 1.54) is 12.3 Å². The van der Waals surface area contributed by atoms with Crippen LogP contribution in [0.25, 0.3) is 0 Å². The van der Waals surface area contributed by atoms with E-state index in [1.807, 2.05) is 6.92 Å². The van der Waals surface area contributed by atoms with Gasteiger partial charge in [0.1, 0.15) is 0 Å². The molecule has 2 rings (SSSR count). The maximum absolute atomic E-state index is 14.1. The van der Waals surface area contributed by atoms with E-state index in [2.05, 4.69) is 10.3 Å². The van der Waals surface area contributed by atoms with Crippen LogP contribution >= 0.6 is 0 Å². The van der Waals surface area contributed by atoms with Gasteiger partial charge < -0.3 is 15.0 Å². The summed E-state index contributed by atoms with van der Waals surface area (Å²) >= 11 is 0. The minimum absolute atomic E-state index is 0.0277. The Labute approximate surface area is 111 Å². The van der Waals surface area contributed by atoms with Crippen LogP contribution in [0.1, 0.15) is 23.7 Å². The van der Waals surface area contributed by atoms with Crippen LogP contribution in [-0.2, 0) is 4.74 Å². The van der Waals surface area contributed by atoms with Gasteiger partial charge >= 0.3 is 0 Å². The van der Waals surface area contributed by atoms with Gasteiger partial charge in [-0.1, -0.05) is 0 Å². The largest absolute Gasteiger partial charge is 0.377 e. The van der Waals surface area contributed by atoms with Crippen molar-refractivity contribution in [3.8, 4) is 0 Å². The van der Waals surface area contributed by atoms with E-state index >= 15 is 0 Å². The number of aromatic nitrogens is 1. The zero-order valence-corrected chi connectivity index (χ0v) is 11.1. The van der Waals surface area contributed by atoms with Crippen molar-refractivity contribution in [2.45, 2.75) is 19.4 Å². The van der Waals surface area contributed by atoms with Crippen LogP contribution in [0.5, 0.6) is 0 Å². The van der Waals surface area contributed by atoms with Crippen molar-refractivity contribution < 1.29 is 13.9 Å². The van der Waals surface area contributed by atoms with Gasteiger partial charge in [0.25, 0.3) is 5.91 Å². The molecule has 19 heavy (non-hydrogen) atoms. The van der Waals surface area contributed by atoms with Gasteiger partial charge in [0.05, 0.1) is 11.7 Å². The first-order valence-electron chi connectivity index (χ1n) is 6.36. The Kier molecular flexibility index (Phi) is 4.31. The van der Waals surface area contributed by atoms with Gasteiger partial charge in [0, 0.05) is 32.9 Å². The van der Waals surface area contributed by atoms with Gasteiger partial charge in [-0.2, -0.15) is 0 Å². The zero-order chi connectivity index (χ0) is 13.8. The van der Waals surface area contributed by atoms with E-state index in [1.54, 1.807) is 11.9 Å². The number of rotatable bonds is 2. The Bertz CT molecular complexity index is 467. The van der Waals surface area contributed by atoms with Gasteiger partial charge in [-0.3, -0.25) is 4.79 Å². The van der Waals surface area contributed by atoms with Crippen LogP contribution in [0.4, 0.5) is 10.2 Å². The number of amides is 1. The Morgan fingerprint density at radius 1 is 1.63 bits per heavy atom. The fourth-order valence-corrected chi connectivity index (χ4v) is 2.13. The van der Waals surface area contributed by atoms with Crippen molar-refractivity contribution in [2.75, 3.05) is 32.1 Å². The predicted molar refractivity (Wildman–Crippen MR) is 69.7 cm³/mol. The van der Waals surface area contributed by atoms with Crippen LogP contribution < -0.4 is 5.32 Å². The fourth-order valence-electron chi connectivity index (χ4n) is 2.13. The van der Waals surface area contributed by atoms with E-state index in [0.717, 1.165) is 6.42 Å². The van der Waals surface area contributed by atoms with E-state index in [4.69, 9.17) is 4.74 Å². The number of hydrogen-bond acceptors (Lipinski definition) is 4. The van der Waals surface area contributed by atoms with Crippen LogP contribution in [0.15, 0.2) is 12.3 Å². The molecule has 1 amide bonds. The summed E-state index contributed by atoms with van der Waals surface area (Å²) in [6.07, 6.45) is 2.17. The topological polar surface area (TPSA) is 54.5 Å². The Balaban J connectivity index is 2.23. The highest BCUT2D eigenvalue weighted by Crippen LogP contribution is 2.18. The van der Waals surface area contributed by atoms with Crippen molar-refractivity contribution in [3.63, 3.8) is 0 Å². The third-order valence-electron chi connectivity index (χ3n) is 3.10. The van der Waals surface area contributed by atoms with Crippen LogP contribution in [0, 0.1) is 5.82 Å². The highest BCUT2D eigenvalue weighted by atomic mass is 19.1. The van der Waals surface area contributed by atoms with Crippen molar-refractivity contribution in [3.05, 3.63) is 23.6 Å². The Morgan fingerprint density at radius 3 is 3.16 bits per heavy atom. The normalized spacial score (nSPS) is 19.9. The lowest BCUT2D eigenvalue weighted by atomic mass is 10.2. The number of nitrogens with one attached hydrogen (secondary N) is 1. The molecule has 0 saturated carbocycles. The predicted octanol–water partition coefficient (Wildman–Crippen LogP) is 1.51. The molecule has 0 aliphatic carbocycles. The summed E-state index contributed by atoms with van der Waals surface area (Å²) in [6, 6.07) is 1.41. The number of anilines is 1. The summed E-state index contributed by atoms with van der Waals surface area (Å²) in [4.78, 5) is 17.8. The molecule has 0 spiro atoms. The average molecular weight is 267 g/mol. The first-order chi connectivity index (χ1) is 9.13. The smallest absolute Gasteiger partial charge is 0.257 e. The average Bonchev–Trinajstić information content (AvgIpc) is 2.63. The lowest BCUT2D eigenvalue weighted by molar-refractivity contribution is 0.0560. The van der Waals surface area contributed by atoms with E-state index in [9.17, 15) is 9.18 Å². The van der Waals surface area contributed by atoms with Gasteiger partial charge in [-0.15, -0.1) is 0 Å². The molecule has 2 heterocycles. The maximum Gasteiger partial charge on any atom is 0.257 e. The maximum atomic E-state index is 14.1. The first-order valence-corrected chi connectivity index (χ1v) is 6.36. The Hall–Kier alpha value is -1.69. The summed E-state index contributed by atoms with van der Waals surface area (Å²) in [5.74, 6) is -0.827. The third-order valence-corrected chi connectivity index (χ3v) is 3.10. The molecule has 6 heteroatoms. The van der Waals surface area contributed by atoms with Crippen molar-refractivity contribution in [2.24, 2.45) is 0 Å². The van der Waals surface area contributed by atoms with Crippen LogP contribution in [-0.4, -0.2) is 48.6 Å². The second-order valence-electron chi connectivity index (χ2n) is 4.56. The monoisotopic (exact) mass is 267 g/mol. The molecule has 0 bridgehead atoms. The zero-order valence-electron chi connectivity index (χ0n) is 11.1. The SMILES string of the molecule is CNc1nccc(C(=O)N2CCCOC(C)C2)c1F. The minimum Gasteiger partial charge on any atom is -0.377 e. The molecule has 104 valence electrons. The van der Waals surface area contributed by atoms with Crippen molar-refractivity contribution >= 4 is 11.7 Å². The lowest BCUT2D eigenvalue weighted by Gasteiger charge is -2.22. The second kappa shape index (κ2) is 5.97. The summed E-state index contributed by atoms with van der Waals surface area (Å²) in [7, 11) is 1.57. The number of carbonyl (C=O) groups excluding carboxylic acids is 1. The molecule has 1 aliphatic heterocycles. The van der Waals surface area contributed by atoms with Crippen LogP contribution in [0.3, 0.4) is 0 Å². The second-order valence-corrected chi connectivity index (χ2v) is 4.56. The molecule has 1 atom stereocenters. The molecular formula is C13H18FN3O2. The number of halogens is 1. The molecule has 5 nitrogen and oxygen atoms in total. The molecule has 1 saturated heterocycles. The fraction of sp³-hybridized carbons (Fsp3) is 0.538. The summed E-state index contributed by atoms with van der Waals surface area (Å²) < 4.78 is 19.6. The number of ether oxygens (including phenoxy) is 1. The molecule has 1 unspecified atom stereocenters. The standard InChI is InChI=1S/C13H18FN3O2/c1-9-8-17(6-3-7-19-9)13(18)10-4-5-16-12(15-2)11(10)14/h4-5,9H,3,6-8H2,1-2H3,(H,15,16). The summed E-state index contributed by atoms with van der Waals surface area (Å²) in [5.41, 5.74) is 0.0495. The third kappa shape index (κ3) is 3.01. The molecule has 1 aromatic rings. The molecule has 1 N–H and O–H groups in total. The number of nitrogens with zero attached hydrogens (tertiary/aromatic N) is 2. The van der Waals surface area contributed by atoms with Gasteiger partial charge in [0.15, 0.2) is 11.6 Å². The molecule has 1 aliphatic rings. The number of hydrogen-bond donors (Lipinski definition) is 1. The molecule has 1 fully saturated rings. The van der Waals surface area contributed by atoms with Crippen LogP contribution in [0.2, 0.25) is 0 Å². The quantitative estimate of drug-likeness (QED) is 0.882. The molecule has 1 aromatic heterocycles. The summed E-state index contributed by atoms with van der Waals surface area (Å²) in [5, 5.41) is 2.63. The minimum atomic E-state index is -0.604. The number of pyridine rings is 1. The highest BCUT2D eigenvalue weighted by Gasteiger charge is 2.24. The van der Waals surface area contributed by atoms with Gasteiger partial charge in [-0.05, 0) is 19.4 Å². The molecular weight excluding hydrogens is 249 g/mol. The van der Waals surface area contributed by atoms with Gasteiger partial charge in [-0.25, -0.2) is 9.37 Å². The van der Waals surface area contributed by atoms with Crippen molar-refractivity contribution in [1.82, 2.24) is 9.88 Å². The summed E-state index contributed by atoms with van der Waals surface area (Å²) in [6.45, 7) is 3.61. The highest BCUT2D eigenvalue weighted by molar-refractivity contribution is 5.95. The van der Waals surface area contributed by atoms with E-state index in [0.29, 0.717) is 19.7 Å². The van der Waals surface area contributed by atoms with Gasteiger partial charge in [0.2, 0.25) is 0 Å². The van der Waals surface area contributed by atoms with E-state index < -0.39 is 5.82 Å². The first kappa shape index (κ1) is 13.7. The lowest BCUT2D eigenvalue weighted by Crippen LogP contribution is -2.36. The van der Waals surface area contributed by atoms with Crippen molar-refractivity contribution in [1.29, 1.82) is 0 Å². The number of carbonyl (C=O) groups is 1.